The highest BCUT2D eigenvalue weighted by molar-refractivity contribution is 5.88. The van der Waals surface area contributed by atoms with Crippen LogP contribution in [0.3, 0.4) is 0 Å². The quantitative estimate of drug-likeness (QED) is 0.822. The van der Waals surface area contributed by atoms with Crippen molar-refractivity contribution in [3.05, 3.63) is 23.8 Å². The van der Waals surface area contributed by atoms with E-state index in [4.69, 9.17) is 4.74 Å². The van der Waals surface area contributed by atoms with Crippen LogP contribution in [0.2, 0.25) is 0 Å². The number of quaternary nitrogens is 1. The molecule has 4 heteroatoms. The van der Waals surface area contributed by atoms with Gasteiger partial charge in [0.15, 0.2) is 0 Å². The number of amides is 1. The van der Waals surface area contributed by atoms with Gasteiger partial charge in [0.2, 0.25) is 5.91 Å². The minimum absolute atomic E-state index is 0.0229. The van der Waals surface area contributed by atoms with Crippen molar-refractivity contribution >= 4 is 11.6 Å². The average Bonchev–Trinajstić information content (AvgIpc) is 3.25. The maximum Gasteiger partial charge on any atom is 0.221 e. The van der Waals surface area contributed by atoms with Crippen LogP contribution in [-0.2, 0) is 4.79 Å². The molecule has 1 N–H and O–H groups in total. The van der Waals surface area contributed by atoms with E-state index in [0.717, 1.165) is 29.3 Å². The number of methoxy groups -OCH3 is 1. The van der Waals surface area contributed by atoms with Gasteiger partial charge in [-0.3, -0.25) is 4.79 Å². The standard InChI is InChI=1S/C22H32N2O2/c1-15(25)23-19-6-7-22(26-3)20(14-19)17-8-10-24(2,11-9-17)21-13-16-4-5-18(21)12-16/h6-7,14,16-18,21H,4-5,8-13H2,1-3H3/p+1/t16-,17?,18-,21?,24?/m0/s1. The van der Waals surface area contributed by atoms with Crippen LogP contribution in [0.15, 0.2) is 18.2 Å². The summed E-state index contributed by atoms with van der Waals surface area (Å²) in [4.78, 5) is 11.4. The Morgan fingerprint density at radius 3 is 2.50 bits per heavy atom. The number of hydrogen-bond donors (Lipinski definition) is 1. The normalized spacial score (nSPS) is 36.1. The third kappa shape index (κ3) is 3.24. The highest BCUT2D eigenvalue weighted by atomic mass is 16.5. The first-order valence-corrected chi connectivity index (χ1v) is 10.3. The number of nitrogens with zero attached hydrogens (tertiary/aromatic N) is 1. The molecular formula is C22H33N2O2+. The van der Waals surface area contributed by atoms with Gasteiger partial charge in [-0.25, -0.2) is 0 Å². The molecule has 1 unspecified atom stereocenters. The van der Waals surface area contributed by atoms with Crippen molar-refractivity contribution in [3.8, 4) is 5.75 Å². The van der Waals surface area contributed by atoms with Gasteiger partial charge in [0, 0.05) is 37.8 Å². The summed E-state index contributed by atoms with van der Waals surface area (Å²) < 4.78 is 6.92. The van der Waals surface area contributed by atoms with Crippen molar-refractivity contribution in [2.24, 2.45) is 11.8 Å². The van der Waals surface area contributed by atoms with E-state index in [1.54, 1.807) is 14.0 Å². The molecule has 1 aromatic rings. The summed E-state index contributed by atoms with van der Waals surface area (Å²) in [5, 5.41) is 2.92. The summed E-state index contributed by atoms with van der Waals surface area (Å²) in [6, 6.07) is 6.96. The summed E-state index contributed by atoms with van der Waals surface area (Å²) in [6.45, 7) is 4.10. The highest BCUT2D eigenvalue weighted by Gasteiger charge is 2.50. The second-order valence-electron chi connectivity index (χ2n) is 9.08. The molecule has 1 aliphatic heterocycles. The number of piperidine rings is 1. The van der Waals surface area contributed by atoms with E-state index in [0.29, 0.717) is 5.92 Å². The van der Waals surface area contributed by atoms with Gasteiger partial charge in [-0.05, 0) is 54.9 Å². The zero-order valence-corrected chi connectivity index (χ0v) is 16.5. The van der Waals surface area contributed by atoms with E-state index in [1.165, 1.54) is 61.7 Å². The smallest absolute Gasteiger partial charge is 0.221 e. The molecule has 0 radical (unpaired) electrons. The van der Waals surface area contributed by atoms with Crippen molar-refractivity contribution in [1.82, 2.24) is 0 Å². The van der Waals surface area contributed by atoms with Crippen LogP contribution < -0.4 is 10.1 Å². The molecule has 3 fully saturated rings. The number of fused-ring (bicyclic) bond motifs is 2. The second kappa shape index (κ2) is 6.88. The van der Waals surface area contributed by atoms with Crippen molar-refractivity contribution in [2.45, 2.75) is 57.4 Å². The van der Waals surface area contributed by atoms with Gasteiger partial charge in [0.25, 0.3) is 0 Å². The number of anilines is 1. The van der Waals surface area contributed by atoms with Crippen LogP contribution in [0.25, 0.3) is 0 Å². The molecule has 0 aromatic heterocycles. The molecule has 4 nitrogen and oxygen atoms in total. The third-order valence-corrected chi connectivity index (χ3v) is 7.47. The van der Waals surface area contributed by atoms with Crippen molar-refractivity contribution < 1.29 is 14.0 Å². The van der Waals surface area contributed by atoms with E-state index in [-0.39, 0.29) is 5.91 Å². The lowest BCUT2D eigenvalue weighted by atomic mass is 9.84. The number of rotatable bonds is 4. The van der Waals surface area contributed by atoms with E-state index in [9.17, 15) is 4.79 Å². The van der Waals surface area contributed by atoms with Crippen LogP contribution in [0.4, 0.5) is 5.69 Å². The first kappa shape index (κ1) is 17.8. The second-order valence-corrected chi connectivity index (χ2v) is 9.08. The SMILES string of the molecule is COc1ccc(NC(C)=O)cc1C1CC[N+](C)(C2C[C@H]3CC[C@H]2C3)CC1. The minimum Gasteiger partial charge on any atom is -0.496 e. The summed E-state index contributed by atoms with van der Waals surface area (Å²) in [7, 11) is 4.25. The summed E-state index contributed by atoms with van der Waals surface area (Å²) in [6.07, 6.45) is 8.34. The molecule has 3 aliphatic rings. The Bertz CT molecular complexity index is 679. The maximum absolute atomic E-state index is 11.4. The van der Waals surface area contributed by atoms with E-state index < -0.39 is 0 Å². The zero-order chi connectivity index (χ0) is 18.3. The maximum atomic E-state index is 11.4. The van der Waals surface area contributed by atoms with E-state index in [1.807, 2.05) is 12.1 Å². The fraction of sp³-hybridized carbons (Fsp3) is 0.682. The number of hydrogen-bond acceptors (Lipinski definition) is 2. The van der Waals surface area contributed by atoms with Gasteiger partial charge in [-0.1, -0.05) is 0 Å². The Morgan fingerprint density at radius 1 is 1.15 bits per heavy atom. The van der Waals surface area contributed by atoms with Crippen LogP contribution in [0.1, 0.15) is 56.9 Å². The highest BCUT2D eigenvalue weighted by Crippen LogP contribution is 2.50. The summed E-state index contributed by atoms with van der Waals surface area (Å²) >= 11 is 0. The van der Waals surface area contributed by atoms with Gasteiger partial charge in [-0.15, -0.1) is 0 Å². The number of likely N-dealkylation sites (tertiary alicyclic amines) is 1. The first-order chi connectivity index (χ1) is 12.5. The van der Waals surface area contributed by atoms with Crippen LogP contribution in [-0.4, -0.2) is 43.7 Å². The largest absolute Gasteiger partial charge is 0.496 e. The molecule has 1 amide bonds. The van der Waals surface area contributed by atoms with Gasteiger partial charge in [0.05, 0.1) is 33.3 Å². The molecular weight excluding hydrogens is 324 g/mol. The number of ether oxygens (including phenoxy) is 1. The van der Waals surface area contributed by atoms with Gasteiger partial charge < -0.3 is 14.5 Å². The fourth-order valence-electron chi connectivity index (χ4n) is 6.11. The Hall–Kier alpha value is -1.55. The molecule has 0 spiro atoms. The summed E-state index contributed by atoms with van der Waals surface area (Å²) in [5.41, 5.74) is 2.14. The van der Waals surface area contributed by atoms with Crippen molar-refractivity contribution in [3.63, 3.8) is 0 Å². The Labute approximate surface area is 157 Å². The zero-order valence-electron chi connectivity index (χ0n) is 16.5. The van der Waals surface area contributed by atoms with E-state index in [2.05, 4.69) is 18.4 Å². The predicted octanol–water partition coefficient (Wildman–Crippen LogP) is 4.17. The summed E-state index contributed by atoms with van der Waals surface area (Å²) in [5.74, 6) is 3.47. The topological polar surface area (TPSA) is 38.3 Å². The monoisotopic (exact) mass is 357 g/mol. The molecule has 4 rings (SSSR count). The number of carbonyl (C=O) groups is 1. The fourth-order valence-corrected chi connectivity index (χ4v) is 6.11. The lowest BCUT2D eigenvalue weighted by Crippen LogP contribution is -2.57. The van der Waals surface area contributed by atoms with Crippen LogP contribution >= 0.6 is 0 Å². The van der Waals surface area contributed by atoms with Crippen molar-refractivity contribution in [1.29, 1.82) is 0 Å². The molecule has 26 heavy (non-hydrogen) atoms. The number of nitrogens with one attached hydrogen (secondary N) is 1. The molecule has 3 atom stereocenters. The molecule has 2 aliphatic carbocycles. The molecule has 1 saturated heterocycles. The predicted molar refractivity (Wildman–Crippen MR) is 104 cm³/mol. The van der Waals surface area contributed by atoms with Gasteiger partial charge in [-0.2, -0.15) is 0 Å². The number of benzene rings is 1. The van der Waals surface area contributed by atoms with Crippen LogP contribution in [0.5, 0.6) is 5.75 Å². The lowest BCUT2D eigenvalue weighted by molar-refractivity contribution is -0.941. The minimum atomic E-state index is -0.0229. The molecule has 2 bridgehead atoms. The molecule has 142 valence electrons. The van der Waals surface area contributed by atoms with Gasteiger partial charge in [0.1, 0.15) is 5.75 Å². The Kier molecular flexibility index (Phi) is 4.72. The molecule has 1 heterocycles. The molecule has 1 aromatic carbocycles. The molecule has 2 saturated carbocycles. The number of carbonyl (C=O) groups excluding carboxylic acids is 1. The van der Waals surface area contributed by atoms with Crippen LogP contribution in [0, 0.1) is 11.8 Å². The van der Waals surface area contributed by atoms with Gasteiger partial charge >= 0.3 is 0 Å². The Balaban J connectivity index is 1.48. The lowest BCUT2D eigenvalue weighted by Gasteiger charge is -2.48. The first-order valence-electron chi connectivity index (χ1n) is 10.3. The Morgan fingerprint density at radius 2 is 1.92 bits per heavy atom. The van der Waals surface area contributed by atoms with Crippen molar-refractivity contribution in [2.75, 3.05) is 32.6 Å². The average molecular weight is 358 g/mol. The van der Waals surface area contributed by atoms with E-state index >= 15 is 0 Å². The third-order valence-electron chi connectivity index (χ3n) is 7.47.